The van der Waals surface area contributed by atoms with Gasteiger partial charge < -0.3 is 9.66 Å². The summed E-state index contributed by atoms with van der Waals surface area (Å²) < 4.78 is 34.4. The Kier molecular flexibility index (Phi) is 24.4. The Morgan fingerprint density at radius 3 is 1.34 bits per heavy atom. The van der Waals surface area contributed by atoms with Crippen LogP contribution in [0.3, 0.4) is 0 Å². The number of aliphatic hydroxyl groups excluding tert-OH is 1. The molecule has 0 aromatic carbocycles. The zero-order valence-electron chi connectivity index (χ0n) is 19.7. The molecule has 0 aliphatic rings. The third kappa shape index (κ3) is 21.9. The minimum Gasteiger partial charge on any atom is -0.748 e. The normalized spacial score (nSPS) is 13.8. The van der Waals surface area contributed by atoms with E-state index in [1.165, 1.54) is 38.5 Å². The zero-order chi connectivity index (χ0) is 21.1. The van der Waals surface area contributed by atoms with Crippen molar-refractivity contribution in [2.24, 2.45) is 0 Å². The summed E-state index contributed by atoms with van der Waals surface area (Å²) in [5, 5.41) is 9.22. The fourth-order valence-electron chi connectivity index (χ4n) is 3.82. The molecule has 0 rings (SSSR count). The van der Waals surface area contributed by atoms with Gasteiger partial charge in [0.05, 0.1) is 16.2 Å². The average molecular weight is 443 g/mol. The molecule has 0 heterocycles. The van der Waals surface area contributed by atoms with Crippen LogP contribution in [0.15, 0.2) is 0 Å². The Morgan fingerprint density at radius 1 is 0.621 bits per heavy atom. The molecular weight excluding hydrogens is 395 g/mol. The van der Waals surface area contributed by atoms with E-state index in [1.807, 2.05) is 0 Å². The first-order valence-electron chi connectivity index (χ1n) is 12.0. The second-order valence-electron chi connectivity index (χ2n) is 8.52. The summed E-state index contributed by atoms with van der Waals surface area (Å²) in [5.74, 6) is 0. The van der Waals surface area contributed by atoms with Gasteiger partial charge in [-0.1, -0.05) is 110 Å². The Hall–Kier alpha value is 0.870. The molecule has 1 N–H and O–H groups in total. The van der Waals surface area contributed by atoms with Crippen LogP contribution in [0.1, 0.15) is 136 Å². The van der Waals surface area contributed by atoms with Gasteiger partial charge >= 0.3 is 29.6 Å². The maximum atomic E-state index is 11.5. The topological polar surface area (TPSA) is 77.4 Å². The molecule has 170 valence electrons. The molecule has 0 bridgehead atoms. The van der Waals surface area contributed by atoms with Crippen molar-refractivity contribution in [3.8, 4) is 0 Å². The van der Waals surface area contributed by atoms with Crippen LogP contribution < -0.4 is 29.6 Å². The second-order valence-corrected chi connectivity index (χ2v) is 10.2. The average Bonchev–Trinajstić information content (AvgIpc) is 2.64. The molecule has 29 heavy (non-hydrogen) atoms. The van der Waals surface area contributed by atoms with Crippen LogP contribution >= 0.6 is 0 Å². The molecule has 0 aliphatic carbocycles. The number of rotatable bonds is 21. The van der Waals surface area contributed by atoms with Crippen molar-refractivity contribution in [3.05, 3.63) is 0 Å². The molecule has 4 nitrogen and oxygen atoms in total. The Balaban J connectivity index is 0. The molecule has 0 aliphatic heterocycles. The Labute approximate surface area is 204 Å². The van der Waals surface area contributed by atoms with Crippen LogP contribution in [0.5, 0.6) is 0 Å². The third-order valence-electron chi connectivity index (χ3n) is 5.74. The molecule has 0 aromatic rings. The van der Waals surface area contributed by atoms with Gasteiger partial charge in [-0.05, 0) is 25.7 Å². The maximum absolute atomic E-state index is 11.5. The van der Waals surface area contributed by atoms with Gasteiger partial charge in [0.25, 0.3) is 0 Å². The third-order valence-corrected chi connectivity index (χ3v) is 7.03. The predicted octanol–water partition coefficient (Wildman–Crippen LogP) is 3.72. The molecule has 0 radical (unpaired) electrons. The fourth-order valence-corrected chi connectivity index (χ4v) is 4.73. The van der Waals surface area contributed by atoms with E-state index in [0.29, 0.717) is 12.8 Å². The minimum absolute atomic E-state index is 0. The molecule has 0 saturated carbocycles. The number of unbranched alkanes of at least 4 members (excludes halogenated alkanes) is 12. The first kappa shape index (κ1) is 32.1. The van der Waals surface area contributed by atoms with E-state index >= 15 is 0 Å². The van der Waals surface area contributed by atoms with E-state index in [4.69, 9.17) is 0 Å². The van der Waals surface area contributed by atoms with Crippen molar-refractivity contribution < 1.29 is 47.6 Å². The monoisotopic (exact) mass is 442 g/mol. The van der Waals surface area contributed by atoms with E-state index in [0.717, 1.165) is 70.6 Å². The fraction of sp³-hybridized carbons (Fsp3) is 1.00. The summed E-state index contributed by atoms with van der Waals surface area (Å²) in [6, 6.07) is 0. The van der Waals surface area contributed by atoms with E-state index in [-0.39, 0.29) is 35.7 Å². The van der Waals surface area contributed by atoms with Crippen LogP contribution in [-0.4, -0.2) is 29.4 Å². The SMILES string of the molecule is CCCCCCCC(CCCCCCCCCC(O)CCCCC)S(=O)(=O)[O-].[Na+]. The van der Waals surface area contributed by atoms with Gasteiger partial charge in [0.1, 0.15) is 0 Å². The summed E-state index contributed by atoms with van der Waals surface area (Å²) in [7, 11) is -4.15. The number of aliphatic hydroxyl groups is 1. The van der Waals surface area contributed by atoms with Gasteiger partial charge in [0.2, 0.25) is 0 Å². The van der Waals surface area contributed by atoms with E-state index in [2.05, 4.69) is 13.8 Å². The Bertz CT molecular complexity index is 429. The smallest absolute Gasteiger partial charge is 0.748 e. The molecule has 0 saturated heterocycles. The second kappa shape index (κ2) is 22.1. The first-order chi connectivity index (χ1) is 13.4. The van der Waals surface area contributed by atoms with Crippen LogP contribution in [0.25, 0.3) is 0 Å². The molecule has 6 heteroatoms. The van der Waals surface area contributed by atoms with Crippen LogP contribution in [0, 0.1) is 0 Å². The van der Waals surface area contributed by atoms with Crippen molar-refractivity contribution in [2.75, 3.05) is 0 Å². The first-order valence-corrected chi connectivity index (χ1v) is 13.5. The van der Waals surface area contributed by atoms with Crippen LogP contribution in [0.4, 0.5) is 0 Å². The van der Waals surface area contributed by atoms with E-state index in [1.54, 1.807) is 0 Å². The Morgan fingerprint density at radius 2 is 0.931 bits per heavy atom. The summed E-state index contributed by atoms with van der Waals surface area (Å²) in [4.78, 5) is 0. The molecule has 0 fully saturated rings. The van der Waals surface area contributed by atoms with Crippen molar-refractivity contribution in [1.29, 1.82) is 0 Å². The van der Waals surface area contributed by atoms with Crippen molar-refractivity contribution in [2.45, 2.75) is 147 Å². The van der Waals surface area contributed by atoms with Crippen LogP contribution in [0.2, 0.25) is 0 Å². The molecule has 0 spiro atoms. The van der Waals surface area contributed by atoms with E-state index < -0.39 is 15.4 Å². The van der Waals surface area contributed by atoms with Gasteiger partial charge in [-0.3, -0.25) is 0 Å². The van der Waals surface area contributed by atoms with E-state index in [9.17, 15) is 18.1 Å². The molecule has 2 atom stereocenters. The van der Waals surface area contributed by atoms with Gasteiger partial charge in [0.15, 0.2) is 0 Å². The zero-order valence-corrected chi connectivity index (χ0v) is 22.5. The molecule has 0 aromatic heterocycles. The van der Waals surface area contributed by atoms with Crippen molar-refractivity contribution in [3.63, 3.8) is 0 Å². The van der Waals surface area contributed by atoms with Gasteiger partial charge in [0, 0.05) is 5.25 Å². The summed E-state index contributed by atoms with van der Waals surface area (Å²) in [6.07, 6.45) is 19.3. The van der Waals surface area contributed by atoms with Crippen molar-refractivity contribution in [1.82, 2.24) is 0 Å². The number of hydrogen-bond donors (Lipinski definition) is 1. The molecule has 0 amide bonds. The maximum Gasteiger partial charge on any atom is 1.00 e. The number of hydrogen-bond acceptors (Lipinski definition) is 4. The summed E-state index contributed by atoms with van der Waals surface area (Å²) in [6.45, 7) is 4.34. The van der Waals surface area contributed by atoms with Gasteiger partial charge in [-0.15, -0.1) is 0 Å². The summed E-state index contributed by atoms with van der Waals surface area (Å²) in [5.41, 5.74) is 0. The van der Waals surface area contributed by atoms with Gasteiger partial charge in [-0.25, -0.2) is 8.42 Å². The van der Waals surface area contributed by atoms with Gasteiger partial charge in [-0.2, -0.15) is 0 Å². The summed E-state index contributed by atoms with van der Waals surface area (Å²) >= 11 is 0. The quantitative estimate of drug-likeness (QED) is 0.167. The predicted molar refractivity (Wildman–Crippen MR) is 119 cm³/mol. The molecular formula is C23H47NaO4S. The van der Waals surface area contributed by atoms with Crippen molar-refractivity contribution >= 4 is 10.1 Å². The minimum atomic E-state index is -4.15. The van der Waals surface area contributed by atoms with Crippen LogP contribution in [-0.2, 0) is 10.1 Å². The standard InChI is InChI=1S/C23H48O4S.Na/c1-3-5-7-11-16-20-23(28(25,26)27)21-17-13-10-8-9-12-15-19-22(24)18-14-6-4-2;/h22-24H,3-21H2,1-2H3,(H,25,26,27);/q;+1/p-1. The molecule has 2 unspecified atom stereocenters. The largest absolute Gasteiger partial charge is 1.00 e.